The van der Waals surface area contributed by atoms with Crippen LogP contribution in [0.4, 0.5) is 0 Å². The fourth-order valence-electron chi connectivity index (χ4n) is 2.94. The van der Waals surface area contributed by atoms with Gasteiger partial charge < -0.3 is 9.15 Å². The van der Waals surface area contributed by atoms with Crippen LogP contribution in [0.25, 0.3) is 21.5 Å². The smallest absolute Gasteiger partial charge is 0.344 e. The molecule has 0 atom stereocenters. The number of rotatable bonds is 1. The maximum absolute atomic E-state index is 12.1. The van der Waals surface area contributed by atoms with E-state index in [0.29, 0.717) is 11.1 Å². The van der Waals surface area contributed by atoms with Gasteiger partial charge in [0.2, 0.25) is 0 Å². The maximum atomic E-state index is 12.1. The van der Waals surface area contributed by atoms with Crippen LogP contribution in [-0.2, 0) is 0 Å². The van der Waals surface area contributed by atoms with E-state index in [-0.39, 0.29) is 5.63 Å². The van der Waals surface area contributed by atoms with Crippen molar-refractivity contribution in [1.29, 1.82) is 0 Å². The van der Waals surface area contributed by atoms with Crippen LogP contribution in [0.15, 0.2) is 33.5 Å². The van der Waals surface area contributed by atoms with Crippen molar-refractivity contribution in [2.75, 3.05) is 7.11 Å². The number of ether oxygens (including phenoxy) is 1. The predicted molar refractivity (Wildman–Crippen MR) is 80.8 cm³/mol. The molecule has 0 unspecified atom stereocenters. The van der Waals surface area contributed by atoms with Crippen molar-refractivity contribution in [2.24, 2.45) is 0 Å². The highest BCUT2D eigenvalue weighted by molar-refractivity contribution is 6.03. The number of aryl methyl sites for hydroxylation is 3. The molecule has 0 radical (unpaired) electrons. The monoisotopic (exact) mass is 268 g/mol. The third-order valence-corrected chi connectivity index (χ3v) is 3.74. The van der Waals surface area contributed by atoms with E-state index in [2.05, 4.69) is 0 Å². The zero-order valence-corrected chi connectivity index (χ0v) is 12.0. The molecule has 0 aliphatic heterocycles. The molecule has 0 bridgehead atoms. The van der Waals surface area contributed by atoms with Crippen LogP contribution in [0, 0.1) is 20.8 Å². The fourth-order valence-corrected chi connectivity index (χ4v) is 2.94. The van der Waals surface area contributed by atoms with Gasteiger partial charge in [-0.1, -0.05) is 0 Å². The summed E-state index contributed by atoms with van der Waals surface area (Å²) in [7, 11) is 1.66. The van der Waals surface area contributed by atoms with Crippen LogP contribution in [0.3, 0.4) is 0 Å². The number of hydrogen-bond acceptors (Lipinski definition) is 3. The van der Waals surface area contributed by atoms with Crippen molar-refractivity contribution in [2.45, 2.75) is 20.8 Å². The average Bonchev–Trinajstić information content (AvgIpc) is 2.36. The lowest BCUT2D eigenvalue weighted by atomic mass is 9.95. The molecule has 0 fully saturated rings. The van der Waals surface area contributed by atoms with Crippen LogP contribution in [0.2, 0.25) is 0 Å². The van der Waals surface area contributed by atoms with Gasteiger partial charge in [0.15, 0.2) is 0 Å². The summed E-state index contributed by atoms with van der Waals surface area (Å²) in [4.78, 5) is 12.1. The Morgan fingerprint density at radius 2 is 1.65 bits per heavy atom. The molecule has 0 saturated heterocycles. The Morgan fingerprint density at radius 1 is 0.950 bits per heavy atom. The highest BCUT2D eigenvalue weighted by Gasteiger charge is 2.12. The number of methoxy groups -OCH3 is 1. The molecule has 1 aromatic heterocycles. The van der Waals surface area contributed by atoms with Crippen molar-refractivity contribution in [3.05, 3.63) is 51.6 Å². The van der Waals surface area contributed by atoms with Crippen molar-refractivity contribution < 1.29 is 9.15 Å². The normalized spacial score (nSPS) is 11.2. The second kappa shape index (κ2) is 4.37. The summed E-state index contributed by atoms with van der Waals surface area (Å²) in [5.74, 6) is 1.45. The van der Waals surface area contributed by atoms with E-state index in [0.717, 1.165) is 33.0 Å². The minimum atomic E-state index is -0.269. The fraction of sp³-hybridized carbons (Fsp3) is 0.235. The minimum absolute atomic E-state index is 0.269. The Bertz CT molecular complexity index is 888. The summed E-state index contributed by atoms with van der Waals surface area (Å²) in [6.07, 6.45) is 0. The molecule has 0 saturated carbocycles. The summed E-state index contributed by atoms with van der Waals surface area (Å²) in [5, 5.41) is 3.75. The van der Waals surface area contributed by atoms with E-state index in [9.17, 15) is 4.79 Å². The van der Waals surface area contributed by atoms with Crippen LogP contribution >= 0.6 is 0 Å². The van der Waals surface area contributed by atoms with Crippen LogP contribution in [-0.4, -0.2) is 7.11 Å². The summed E-state index contributed by atoms with van der Waals surface area (Å²) >= 11 is 0. The number of benzene rings is 2. The maximum Gasteiger partial charge on any atom is 0.344 e. The van der Waals surface area contributed by atoms with Crippen molar-refractivity contribution >= 4 is 21.5 Å². The molecule has 3 nitrogen and oxygen atoms in total. The minimum Gasteiger partial charge on any atom is -0.497 e. The molecule has 2 aromatic carbocycles. The molecule has 0 amide bonds. The van der Waals surface area contributed by atoms with E-state index in [4.69, 9.17) is 9.15 Å². The molecular formula is C17H16O3. The lowest BCUT2D eigenvalue weighted by Gasteiger charge is -2.11. The highest BCUT2D eigenvalue weighted by Crippen LogP contribution is 2.32. The molecule has 102 valence electrons. The van der Waals surface area contributed by atoms with Gasteiger partial charge in [-0.15, -0.1) is 0 Å². The van der Waals surface area contributed by atoms with E-state index in [1.807, 2.05) is 38.1 Å². The molecule has 3 aromatic rings. The van der Waals surface area contributed by atoms with Crippen molar-refractivity contribution in [1.82, 2.24) is 0 Å². The summed E-state index contributed by atoms with van der Waals surface area (Å²) < 4.78 is 10.5. The van der Waals surface area contributed by atoms with Gasteiger partial charge in [0.1, 0.15) is 11.5 Å². The topological polar surface area (TPSA) is 39.4 Å². The lowest BCUT2D eigenvalue weighted by Crippen LogP contribution is -2.03. The van der Waals surface area contributed by atoms with Crippen molar-refractivity contribution in [3.8, 4) is 5.75 Å². The molecule has 3 heteroatoms. The van der Waals surface area contributed by atoms with Gasteiger partial charge in [-0.05, 0) is 72.3 Å². The first-order valence-corrected chi connectivity index (χ1v) is 6.53. The number of fused-ring (bicyclic) bond motifs is 2. The van der Waals surface area contributed by atoms with Gasteiger partial charge in [-0.25, -0.2) is 4.79 Å². The van der Waals surface area contributed by atoms with Crippen LogP contribution in [0.1, 0.15) is 16.9 Å². The Hall–Kier alpha value is -2.29. The molecule has 0 aliphatic carbocycles. The van der Waals surface area contributed by atoms with E-state index in [1.165, 1.54) is 0 Å². The van der Waals surface area contributed by atoms with E-state index in [1.54, 1.807) is 14.0 Å². The summed E-state index contributed by atoms with van der Waals surface area (Å²) in [5.41, 5.74) is 1.79. The van der Waals surface area contributed by atoms with E-state index < -0.39 is 0 Å². The Kier molecular flexibility index (Phi) is 2.78. The first kappa shape index (κ1) is 12.7. The zero-order chi connectivity index (χ0) is 14.4. The third kappa shape index (κ3) is 1.78. The van der Waals surface area contributed by atoms with E-state index >= 15 is 0 Å². The summed E-state index contributed by atoms with van der Waals surface area (Å²) in [6, 6.07) is 7.91. The zero-order valence-electron chi connectivity index (χ0n) is 12.0. The predicted octanol–water partition coefficient (Wildman–Crippen LogP) is 3.88. The SMILES string of the molecule is COc1cc(C)c2c(C)c3c(=O)oc(C)cc3cc2c1. The Balaban J connectivity index is 2.57. The van der Waals surface area contributed by atoms with Gasteiger partial charge in [0.05, 0.1) is 12.5 Å². The van der Waals surface area contributed by atoms with Gasteiger partial charge in [-0.3, -0.25) is 0 Å². The Labute approximate surface area is 116 Å². The molecule has 0 N–H and O–H groups in total. The molecule has 20 heavy (non-hydrogen) atoms. The van der Waals surface area contributed by atoms with Crippen LogP contribution in [0.5, 0.6) is 5.75 Å². The first-order valence-electron chi connectivity index (χ1n) is 6.53. The van der Waals surface area contributed by atoms with Gasteiger partial charge >= 0.3 is 5.63 Å². The first-order chi connectivity index (χ1) is 9.51. The molecule has 3 rings (SSSR count). The molecular weight excluding hydrogens is 252 g/mol. The molecule has 0 aliphatic rings. The highest BCUT2D eigenvalue weighted by atomic mass is 16.5. The Morgan fingerprint density at radius 3 is 2.35 bits per heavy atom. The average molecular weight is 268 g/mol. The summed E-state index contributed by atoms with van der Waals surface area (Å²) in [6.45, 7) is 5.78. The van der Waals surface area contributed by atoms with Crippen LogP contribution < -0.4 is 10.4 Å². The van der Waals surface area contributed by atoms with Crippen molar-refractivity contribution in [3.63, 3.8) is 0 Å². The second-order valence-electron chi connectivity index (χ2n) is 5.15. The van der Waals surface area contributed by atoms with Gasteiger partial charge in [0.25, 0.3) is 0 Å². The number of hydrogen-bond donors (Lipinski definition) is 0. The van der Waals surface area contributed by atoms with Gasteiger partial charge in [-0.2, -0.15) is 0 Å². The third-order valence-electron chi connectivity index (χ3n) is 3.74. The lowest BCUT2D eigenvalue weighted by molar-refractivity contribution is 0.415. The quantitative estimate of drug-likeness (QED) is 0.629. The molecule has 0 spiro atoms. The molecule has 1 heterocycles. The standard InChI is InChI=1S/C17H16O3/c1-9-5-14(19-4)8-13-7-12-6-10(2)20-17(18)16(12)11(3)15(9)13/h5-8H,1-4H3. The largest absolute Gasteiger partial charge is 0.497 e. The second-order valence-corrected chi connectivity index (χ2v) is 5.15. The van der Waals surface area contributed by atoms with Gasteiger partial charge in [0, 0.05) is 0 Å².